The van der Waals surface area contributed by atoms with Crippen LogP contribution in [-0.4, -0.2) is 37.7 Å². The van der Waals surface area contributed by atoms with E-state index in [2.05, 4.69) is 0 Å². The van der Waals surface area contributed by atoms with Crippen molar-refractivity contribution in [2.24, 2.45) is 11.1 Å². The number of carbonyl (C=O) groups excluding carboxylic acids is 1. The summed E-state index contributed by atoms with van der Waals surface area (Å²) in [6.07, 6.45) is 0.0610. The van der Waals surface area contributed by atoms with Crippen LogP contribution in [0.4, 0.5) is 5.00 Å². The second kappa shape index (κ2) is 5.39. The minimum Gasteiger partial charge on any atom is -0.478 e. The lowest BCUT2D eigenvalue weighted by atomic mass is 10.1. The van der Waals surface area contributed by atoms with E-state index in [1.807, 2.05) is 0 Å². The molecule has 2 rings (SSSR count). The van der Waals surface area contributed by atoms with Gasteiger partial charge in [0.05, 0.1) is 11.3 Å². The topological polar surface area (TPSA) is 118 Å². The fraction of sp³-hybridized carbons (Fsp3) is 0.500. The molecule has 1 aromatic rings. The van der Waals surface area contributed by atoms with E-state index >= 15 is 0 Å². The number of aryl methyl sites for hydroxylation is 1. The predicted octanol–water partition coefficient (Wildman–Crippen LogP) is 0.705. The van der Waals surface area contributed by atoms with E-state index in [0.717, 1.165) is 4.88 Å². The van der Waals surface area contributed by atoms with Gasteiger partial charge in [0.2, 0.25) is 15.9 Å². The van der Waals surface area contributed by atoms with Gasteiger partial charge in [-0.15, -0.1) is 11.3 Å². The van der Waals surface area contributed by atoms with Crippen molar-refractivity contribution in [1.82, 2.24) is 0 Å². The number of amides is 1. The van der Waals surface area contributed by atoms with Gasteiger partial charge in [0.1, 0.15) is 5.00 Å². The number of anilines is 1. The lowest BCUT2D eigenvalue weighted by molar-refractivity contribution is -0.117. The molecular formula is C12H16N2O5S2. The number of rotatable bonds is 4. The number of sulfonamides is 1. The predicted molar refractivity (Wildman–Crippen MR) is 79.2 cm³/mol. The molecule has 0 radical (unpaired) electrons. The van der Waals surface area contributed by atoms with Crippen molar-refractivity contribution >= 4 is 38.2 Å². The molecule has 1 aliphatic rings. The van der Waals surface area contributed by atoms with Crippen molar-refractivity contribution in [3.8, 4) is 0 Å². The third kappa shape index (κ3) is 3.25. The Morgan fingerprint density at radius 3 is 2.62 bits per heavy atom. The van der Waals surface area contributed by atoms with Crippen LogP contribution in [0.25, 0.3) is 0 Å². The summed E-state index contributed by atoms with van der Waals surface area (Å²) in [5.41, 5.74) is 0.743. The highest BCUT2D eigenvalue weighted by Gasteiger charge is 2.36. The average molecular weight is 332 g/mol. The molecule has 1 fully saturated rings. The van der Waals surface area contributed by atoms with Gasteiger partial charge in [-0.05, 0) is 19.4 Å². The summed E-state index contributed by atoms with van der Waals surface area (Å²) in [7, 11) is -3.66. The summed E-state index contributed by atoms with van der Waals surface area (Å²) in [6, 6.07) is 0. The van der Waals surface area contributed by atoms with Crippen LogP contribution in [0.15, 0.2) is 0 Å². The Kier molecular flexibility index (Phi) is 4.09. The number of thiophene rings is 1. The minimum absolute atomic E-state index is 0.0610. The van der Waals surface area contributed by atoms with E-state index in [0.29, 0.717) is 10.6 Å². The van der Waals surface area contributed by atoms with Crippen molar-refractivity contribution < 1.29 is 23.1 Å². The summed E-state index contributed by atoms with van der Waals surface area (Å²) < 4.78 is 22.3. The number of primary sulfonamides is 1. The zero-order valence-corrected chi connectivity index (χ0v) is 13.3. The second-order valence-electron chi connectivity index (χ2n) is 5.17. The van der Waals surface area contributed by atoms with Gasteiger partial charge in [0.25, 0.3) is 0 Å². The number of hydrogen-bond donors (Lipinski definition) is 2. The van der Waals surface area contributed by atoms with E-state index in [9.17, 15) is 23.1 Å². The van der Waals surface area contributed by atoms with Gasteiger partial charge in [-0.1, -0.05) is 0 Å². The molecule has 0 aliphatic carbocycles. The van der Waals surface area contributed by atoms with Gasteiger partial charge in [-0.2, -0.15) is 0 Å². The van der Waals surface area contributed by atoms with Crippen LogP contribution >= 0.6 is 11.3 Å². The minimum atomic E-state index is -3.66. The Morgan fingerprint density at radius 1 is 1.48 bits per heavy atom. The van der Waals surface area contributed by atoms with E-state index in [1.54, 1.807) is 13.8 Å². The van der Waals surface area contributed by atoms with Gasteiger partial charge in [0, 0.05) is 23.8 Å². The highest BCUT2D eigenvalue weighted by Crippen LogP contribution is 2.38. The average Bonchev–Trinajstić information content (AvgIpc) is 2.78. The largest absolute Gasteiger partial charge is 0.478 e. The maximum absolute atomic E-state index is 12.1. The zero-order valence-electron chi connectivity index (χ0n) is 11.6. The normalized spacial score (nSPS) is 19.3. The molecule has 7 nitrogen and oxygen atoms in total. The Bertz CT molecular complexity index is 707. The highest BCUT2D eigenvalue weighted by atomic mass is 32.2. The summed E-state index contributed by atoms with van der Waals surface area (Å²) in [5.74, 6) is -2.04. The molecule has 1 unspecified atom stereocenters. The molecule has 0 saturated carbocycles. The monoisotopic (exact) mass is 332 g/mol. The first-order valence-electron chi connectivity index (χ1n) is 6.24. The van der Waals surface area contributed by atoms with Crippen molar-refractivity contribution in [3.63, 3.8) is 0 Å². The summed E-state index contributed by atoms with van der Waals surface area (Å²) in [5, 5.41) is 14.7. The lowest BCUT2D eigenvalue weighted by Gasteiger charge is -2.15. The molecule has 1 saturated heterocycles. The molecule has 1 aliphatic heterocycles. The third-order valence-corrected chi connectivity index (χ3v) is 5.67. The van der Waals surface area contributed by atoms with Gasteiger partial charge in [-0.25, -0.2) is 18.4 Å². The fourth-order valence-corrected chi connectivity index (χ4v) is 4.52. The number of carboxylic acid groups (broad SMARTS) is 1. The molecule has 21 heavy (non-hydrogen) atoms. The second-order valence-corrected chi connectivity index (χ2v) is 8.03. The Labute approximate surface area is 126 Å². The van der Waals surface area contributed by atoms with Crippen molar-refractivity contribution in [2.75, 3.05) is 17.2 Å². The van der Waals surface area contributed by atoms with E-state index < -0.39 is 21.9 Å². The molecule has 0 bridgehead atoms. The first kappa shape index (κ1) is 15.9. The Balaban J connectivity index is 2.34. The number of nitrogens with zero attached hydrogens (tertiary/aromatic N) is 1. The molecule has 3 N–H and O–H groups in total. The number of carbonyl (C=O) groups is 2. The van der Waals surface area contributed by atoms with Crippen LogP contribution in [0.2, 0.25) is 0 Å². The Hall–Kier alpha value is -1.45. The standard InChI is InChI=1S/C12H16N2O5S2/c1-6-7(2)20-11(10(6)12(16)17)14-4-8(3-9(14)15)5-21(13,18)19/h8H,3-5H2,1-2H3,(H,16,17)(H2,13,18,19). The van der Waals surface area contributed by atoms with Gasteiger partial charge in [-0.3, -0.25) is 4.79 Å². The first-order chi connectivity index (χ1) is 9.60. The molecule has 1 atom stereocenters. The highest BCUT2D eigenvalue weighted by molar-refractivity contribution is 7.89. The maximum Gasteiger partial charge on any atom is 0.339 e. The SMILES string of the molecule is Cc1sc(N2CC(CS(N)(=O)=O)CC2=O)c(C(=O)O)c1C. The molecule has 1 aromatic heterocycles. The van der Waals surface area contributed by atoms with Gasteiger partial charge < -0.3 is 10.0 Å². The van der Waals surface area contributed by atoms with Gasteiger partial charge in [0.15, 0.2) is 0 Å². The van der Waals surface area contributed by atoms with Crippen molar-refractivity contribution in [3.05, 3.63) is 16.0 Å². The quantitative estimate of drug-likeness (QED) is 0.841. The van der Waals surface area contributed by atoms with Gasteiger partial charge >= 0.3 is 5.97 Å². The first-order valence-corrected chi connectivity index (χ1v) is 8.77. The van der Waals surface area contributed by atoms with E-state index in [4.69, 9.17) is 5.14 Å². The molecule has 1 amide bonds. The Morgan fingerprint density at radius 2 is 2.10 bits per heavy atom. The maximum atomic E-state index is 12.1. The van der Waals surface area contributed by atoms with E-state index in [-0.39, 0.29) is 30.2 Å². The van der Waals surface area contributed by atoms with E-state index in [1.165, 1.54) is 16.2 Å². The lowest BCUT2D eigenvalue weighted by Crippen LogP contribution is -2.28. The number of aromatic carboxylic acids is 1. The smallest absolute Gasteiger partial charge is 0.339 e. The molecule has 116 valence electrons. The summed E-state index contributed by atoms with van der Waals surface area (Å²) in [4.78, 5) is 25.6. The van der Waals surface area contributed by atoms with Crippen molar-refractivity contribution in [1.29, 1.82) is 0 Å². The molecule has 9 heteroatoms. The number of carboxylic acids is 1. The number of hydrogen-bond acceptors (Lipinski definition) is 5. The number of nitrogens with two attached hydrogens (primary N) is 1. The zero-order chi connectivity index (χ0) is 15.9. The molecule has 0 spiro atoms. The molecular weight excluding hydrogens is 316 g/mol. The summed E-state index contributed by atoms with van der Waals surface area (Å²) >= 11 is 1.23. The van der Waals surface area contributed by atoms with Crippen LogP contribution in [0.1, 0.15) is 27.2 Å². The van der Waals surface area contributed by atoms with Crippen molar-refractivity contribution in [2.45, 2.75) is 20.3 Å². The van der Waals surface area contributed by atoms with Crippen LogP contribution in [0.5, 0.6) is 0 Å². The molecule has 0 aromatic carbocycles. The van der Waals surface area contributed by atoms with Crippen LogP contribution in [0, 0.1) is 19.8 Å². The third-order valence-electron chi connectivity index (χ3n) is 3.50. The molecule has 2 heterocycles. The van der Waals surface area contributed by atoms with Crippen LogP contribution in [0.3, 0.4) is 0 Å². The van der Waals surface area contributed by atoms with Crippen LogP contribution in [-0.2, 0) is 14.8 Å². The summed E-state index contributed by atoms with van der Waals surface area (Å²) in [6.45, 7) is 3.66. The van der Waals surface area contributed by atoms with Crippen LogP contribution < -0.4 is 10.0 Å². The fourth-order valence-electron chi connectivity index (χ4n) is 2.47.